The van der Waals surface area contributed by atoms with Gasteiger partial charge in [0.05, 0.1) is 13.2 Å². The van der Waals surface area contributed by atoms with Crippen molar-refractivity contribution in [2.75, 3.05) is 13.2 Å². The van der Waals surface area contributed by atoms with Gasteiger partial charge < -0.3 is 14.6 Å². The lowest BCUT2D eigenvalue weighted by molar-refractivity contribution is -0.0760. The average Bonchev–Trinajstić information content (AvgIpc) is 2.34. The van der Waals surface area contributed by atoms with Gasteiger partial charge in [0.2, 0.25) is 0 Å². The third-order valence-electron chi connectivity index (χ3n) is 3.35. The molecule has 1 aromatic carbocycles. The van der Waals surface area contributed by atoms with Crippen LogP contribution in [0.4, 0.5) is 0 Å². The number of rotatable bonds is 7. The summed E-state index contributed by atoms with van der Waals surface area (Å²) in [5, 5.41) is 8.72. The van der Waals surface area contributed by atoms with E-state index in [-0.39, 0.29) is 24.9 Å². The minimum atomic E-state index is -0.356. The first-order valence-corrected chi connectivity index (χ1v) is 7.64. The van der Waals surface area contributed by atoms with Gasteiger partial charge in [-0.2, -0.15) is 0 Å². The minimum absolute atomic E-state index is 0.00757. The highest BCUT2D eigenvalue weighted by Gasteiger charge is 2.27. The van der Waals surface area contributed by atoms with Crippen LogP contribution in [0.2, 0.25) is 0 Å². The standard InChI is InChI=1S/C18H30O3/c1-14(20-12-11-19)21-16-9-7-15(8-10-16)18(5,6)13-17(2,3)4/h7-10,14,19H,11-13H2,1-6H3. The summed E-state index contributed by atoms with van der Waals surface area (Å²) in [6.45, 7) is 13.5. The Labute approximate surface area is 129 Å². The lowest BCUT2D eigenvalue weighted by Crippen LogP contribution is -2.24. The summed E-state index contributed by atoms with van der Waals surface area (Å²) in [5.41, 5.74) is 1.75. The third kappa shape index (κ3) is 6.49. The van der Waals surface area contributed by atoms with E-state index in [1.165, 1.54) is 5.56 Å². The fourth-order valence-corrected chi connectivity index (χ4v) is 2.86. The fourth-order valence-electron chi connectivity index (χ4n) is 2.86. The smallest absolute Gasteiger partial charge is 0.197 e. The van der Waals surface area contributed by atoms with Gasteiger partial charge in [-0.1, -0.05) is 46.8 Å². The van der Waals surface area contributed by atoms with Crippen molar-refractivity contribution in [3.63, 3.8) is 0 Å². The first kappa shape index (κ1) is 18.0. The fraction of sp³-hybridized carbons (Fsp3) is 0.667. The Kier molecular flexibility index (Phi) is 6.24. The highest BCUT2D eigenvalue weighted by atomic mass is 16.7. The SMILES string of the molecule is CC(OCCO)Oc1ccc(C(C)(C)CC(C)(C)C)cc1. The quantitative estimate of drug-likeness (QED) is 0.768. The first-order chi connectivity index (χ1) is 9.64. The molecule has 0 fully saturated rings. The zero-order valence-corrected chi connectivity index (χ0v) is 14.3. The molecule has 0 heterocycles. The van der Waals surface area contributed by atoms with Crippen molar-refractivity contribution in [2.45, 2.75) is 59.7 Å². The molecule has 0 saturated carbocycles. The number of aliphatic hydroxyl groups excluding tert-OH is 1. The van der Waals surface area contributed by atoms with Crippen LogP contribution in [0.15, 0.2) is 24.3 Å². The van der Waals surface area contributed by atoms with E-state index in [1.54, 1.807) is 0 Å². The topological polar surface area (TPSA) is 38.7 Å². The van der Waals surface area contributed by atoms with Gasteiger partial charge in [0, 0.05) is 0 Å². The van der Waals surface area contributed by atoms with Gasteiger partial charge in [0.15, 0.2) is 6.29 Å². The van der Waals surface area contributed by atoms with Crippen LogP contribution < -0.4 is 4.74 Å². The molecular formula is C18H30O3. The van der Waals surface area contributed by atoms with Crippen molar-refractivity contribution in [1.29, 1.82) is 0 Å². The second-order valence-corrected chi connectivity index (χ2v) is 7.43. The van der Waals surface area contributed by atoms with Gasteiger partial charge in [-0.25, -0.2) is 0 Å². The molecule has 0 radical (unpaired) electrons. The second-order valence-electron chi connectivity index (χ2n) is 7.43. The third-order valence-corrected chi connectivity index (χ3v) is 3.35. The molecule has 3 nitrogen and oxygen atoms in total. The van der Waals surface area contributed by atoms with Gasteiger partial charge in [0.25, 0.3) is 0 Å². The number of aliphatic hydroxyl groups is 1. The summed E-state index contributed by atoms with van der Waals surface area (Å²) in [5.74, 6) is 0.788. The number of ether oxygens (including phenoxy) is 2. The molecule has 21 heavy (non-hydrogen) atoms. The van der Waals surface area contributed by atoms with Gasteiger partial charge in [-0.15, -0.1) is 0 Å². The summed E-state index contributed by atoms with van der Waals surface area (Å²) in [4.78, 5) is 0. The summed E-state index contributed by atoms with van der Waals surface area (Å²) in [6, 6.07) is 8.22. The maximum absolute atomic E-state index is 8.72. The maximum Gasteiger partial charge on any atom is 0.197 e. The van der Waals surface area contributed by atoms with E-state index >= 15 is 0 Å². The van der Waals surface area contributed by atoms with E-state index < -0.39 is 0 Å². The Morgan fingerprint density at radius 3 is 2.10 bits per heavy atom. The van der Waals surface area contributed by atoms with Crippen LogP contribution in [0.25, 0.3) is 0 Å². The van der Waals surface area contributed by atoms with E-state index in [0.717, 1.165) is 12.2 Å². The van der Waals surface area contributed by atoms with Gasteiger partial charge in [0.1, 0.15) is 5.75 Å². The molecule has 1 atom stereocenters. The lowest BCUT2D eigenvalue weighted by Gasteiger charge is -2.33. The van der Waals surface area contributed by atoms with E-state index in [2.05, 4.69) is 46.8 Å². The molecule has 120 valence electrons. The first-order valence-electron chi connectivity index (χ1n) is 7.64. The molecule has 3 heteroatoms. The normalized spacial score (nSPS) is 14.0. The molecule has 0 bridgehead atoms. The number of hydrogen-bond donors (Lipinski definition) is 1. The van der Waals surface area contributed by atoms with Crippen LogP contribution in [-0.2, 0) is 10.2 Å². The maximum atomic E-state index is 8.72. The zero-order valence-electron chi connectivity index (χ0n) is 14.3. The molecule has 1 rings (SSSR count). The van der Waals surface area contributed by atoms with E-state index in [9.17, 15) is 0 Å². The summed E-state index contributed by atoms with van der Waals surface area (Å²) < 4.78 is 10.9. The Morgan fingerprint density at radius 2 is 1.62 bits per heavy atom. The Balaban J connectivity index is 2.69. The predicted molar refractivity (Wildman–Crippen MR) is 86.7 cm³/mol. The van der Waals surface area contributed by atoms with Crippen LogP contribution in [0.5, 0.6) is 5.75 Å². The molecule has 1 unspecified atom stereocenters. The average molecular weight is 294 g/mol. The molecule has 0 aliphatic rings. The number of hydrogen-bond acceptors (Lipinski definition) is 3. The molecular weight excluding hydrogens is 264 g/mol. The van der Waals surface area contributed by atoms with Gasteiger partial charge >= 0.3 is 0 Å². The van der Waals surface area contributed by atoms with Crippen LogP contribution >= 0.6 is 0 Å². The highest BCUT2D eigenvalue weighted by molar-refractivity contribution is 5.31. The van der Waals surface area contributed by atoms with Crippen molar-refractivity contribution in [3.8, 4) is 5.75 Å². The summed E-state index contributed by atoms with van der Waals surface area (Å²) >= 11 is 0. The second kappa shape index (κ2) is 7.28. The van der Waals surface area contributed by atoms with Crippen molar-refractivity contribution < 1.29 is 14.6 Å². The molecule has 1 N–H and O–H groups in total. The van der Waals surface area contributed by atoms with Crippen molar-refractivity contribution in [3.05, 3.63) is 29.8 Å². The van der Waals surface area contributed by atoms with Gasteiger partial charge in [-0.3, -0.25) is 0 Å². The highest BCUT2D eigenvalue weighted by Crippen LogP contribution is 2.36. The molecule has 0 aliphatic carbocycles. The molecule has 0 aliphatic heterocycles. The van der Waals surface area contributed by atoms with Crippen molar-refractivity contribution in [1.82, 2.24) is 0 Å². The van der Waals surface area contributed by atoms with E-state index in [4.69, 9.17) is 14.6 Å². The Hall–Kier alpha value is -1.06. The molecule has 0 amide bonds. The van der Waals surface area contributed by atoms with E-state index in [0.29, 0.717) is 5.41 Å². The van der Waals surface area contributed by atoms with Crippen molar-refractivity contribution >= 4 is 0 Å². The lowest BCUT2D eigenvalue weighted by atomic mass is 9.72. The van der Waals surface area contributed by atoms with Crippen LogP contribution in [0.1, 0.15) is 53.5 Å². The molecule has 0 aromatic heterocycles. The summed E-state index contributed by atoms with van der Waals surface area (Å²) in [7, 11) is 0. The monoisotopic (exact) mass is 294 g/mol. The largest absolute Gasteiger partial charge is 0.465 e. The zero-order chi connectivity index (χ0) is 16.1. The molecule has 0 saturated heterocycles. The number of benzene rings is 1. The Bertz CT molecular complexity index is 415. The van der Waals surface area contributed by atoms with Gasteiger partial charge in [-0.05, 0) is 41.9 Å². The van der Waals surface area contributed by atoms with Crippen LogP contribution in [0, 0.1) is 5.41 Å². The van der Waals surface area contributed by atoms with Crippen LogP contribution in [0.3, 0.4) is 0 Å². The molecule has 0 spiro atoms. The molecule has 1 aromatic rings. The summed E-state index contributed by atoms with van der Waals surface area (Å²) in [6.07, 6.45) is 0.765. The minimum Gasteiger partial charge on any atom is -0.465 e. The Morgan fingerprint density at radius 1 is 1.05 bits per heavy atom. The van der Waals surface area contributed by atoms with Crippen molar-refractivity contribution in [2.24, 2.45) is 5.41 Å². The predicted octanol–water partition coefficient (Wildman–Crippen LogP) is 4.13. The van der Waals surface area contributed by atoms with Crippen LogP contribution in [-0.4, -0.2) is 24.6 Å². The van der Waals surface area contributed by atoms with E-state index in [1.807, 2.05) is 19.1 Å².